The van der Waals surface area contributed by atoms with Gasteiger partial charge in [-0.2, -0.15) is 13.2 Å². The van der Waals surface area contributed by atoms with Crippen LogP contribution in [-0.4, -0.2) is 42.5 Å². The van der Waals surface area contributed by atoms with Crippen LogP contribution < -0.4 is 10.1 Å². The molecule has 1 fully saturated rings. The van der Waals surface area contributed by atoms with E-state index in [1.54, 1.807) is 0 Å². The third kappa shape index (κ3) is 3.66. The summed E-state index contributed by atoms with van der Waals surface area (Å²) >= 11 is 0. The van der Waals surface area contributed by atoms with E-state index < -0.39 is 35.6 Å². The molecule has 0 bridgehead atoms. The van der Waals surface area contributed by atoms with Gasteiger partial charge in [0.15, 0.2) is 11.5 Å². The highest BCUT2D eigenvalue weighted by Crippen LogP contribution is 2.38. The van der Waals surface area contributed by atoms with Gasteiger partial charge in [-0.15, -0.1) is 0 Å². The number of fused-ring (bicyclic) bond motifs is 1. The molecule has 2 unspecified atom stereocenters. The number of ether oxygens (including phenoxy) is 2. The van der Waals surface area contributed by atoms with Crippen LogP contribution >= 0.6 is 0 Å². The predicted octanol–water partition coefficient (Wildman–Crippen LogP) is 3.05. The number of hydrogen-bond donors (Lipinski definition) is 1. The molecule has 150 valence electrons. The zero-order valence-corrected chi connectivity index (χ0v) is 15.5. The standard InChI is InChI=1S/C19H19F3N2O4/c1-9-17(28-11-7-14(23-8-11)18(26)27-3)15(10(2)25)12-5-4-6-13(16(12)24-9)19(20,21)22/h4-6,11,14,23H,7-8H2,1-3H3. The van der Waals surface area contributed by atoms with E-state index in [4.69, 9.17) is 9.47 Å². The highest BCUT2D eigenvalue weighted by molar-refractivity contribution is 6.09. The minimum absolute atomic E-state index is 0.0510. The largest absolute Gasteiger partial charge is 0.486 e. The van der Waals surface area contributed by atoms with Gasteiger partial charge in [-0.25, -0.2) is 4.98 Å². The van der Waals surface area contributed by atoms with Crippen molar-refractivity contribution in [1.82, 2.24) is 10.3 Å². The van der Waals surface area contributed by atoms with E-state index in [1.807, 2.05) is 0 Å². The number of hydrogen-bond acceptors (Lipinski definition) is 6. The van der Waals surface area contributed by atoms with Crippen LogP contribution in [0.3, 0.4) is 0 Å². The number of esters is 1. The van der Waals surface area contributed by atoms with Gasteiger partial charge in [0.1, 0.15) is 12.1 Å². The summed E-state index contributed by atoms with van der Waals surface area (Å²) in [6.07, 6.45) is -4.74. The molecule has 2 atom stereocenters. The van der Waals surface area contributed by atoms with Crippen molar-refractivity contribution in [1.29, 1.82) is 0 Å². The number of carbonyl (C=O) groups is 2. The minimum atomic E-state index is -4.60. The Kier molecular flexibility index (Phi) is 5.29. The van der Waals surface area contributed by atoms with E-state index in [-0.39, 0.29) is 27.9 Å². The highest BCUT2D eigenvalue weighted by Gasteiger charge is 2.36. The van der Waals surface area contributed by atoms with E-state index in [1.165, 1.54) is 33.1 Å². The van der Waals surface area contributed by atoms with Gasteiger partial charge in [-0.3, -0.25) is 9.59 Å². The maximum atomic E-state index is 13.4. The molecule has 0 amide bonds. The summed E-state index contributed by atoms with van der Waals surface area (Å²) in [5.41, 5.74) is -0.969. The lowest BCUT2D eigenvalue weighted by atomic mass is 10.00. The minimum Gasteiger partial charge on any atom is -0.486 e. The lowest BCUT2D eigenvalue weighted by Gasteiger charge is -2.20. The molecule has 1 N–H and O–H groups in total. The second kappa shape index (κ2) is 7.38. The third-order valence-corrected chi connectivity index (χ3v) is 4.66. The highest BCUT2D eigenvalue weighted by atomic mass is 19.4. The number of para-hydroxylation sites is 1. The molecule has 1 aromatic heterocycles. The molecular formula is C19H19F3N2O4. The molecule has 2 heterocycles. The first-order valence-electron chi connectivity index (χ1n) is 8.62. The number of ketones is 1. The van der Waals surface area contributed by atoms with Crippen molar-refractivity contribution in [2.45, 2.75) is 38.6 Å². The maximum absolute atomic E-state index is 13.4. The number of benzene rings is 1. The van der Waals surface area contributed by atoms with Gasteiger partial charge in [0.05, 0.1) is 29.4 Å². The Morgan fingerprint density at radius 3 is 2.61 bits per heavy atom. The molecule has 3 rings (SSSR count). The average Bonchev–Trinajstić information content (AvgIpc) is 3.08. The van der Waals surface area contributed by atoms with E-state index in [9.17, 15) is 22.8 Å². The average molecular weight is 396 g/mol. The molecule has 28 heavy (non-hydrogen) atoms. The summed E-state index contributed by atoms with van der Waals surface area (Å²) in [5, 5.41) is 3.04. The van der Waals surface area contributed by atoms with Crippen molar-refractivity contribution in [3.63, 3.8) is 0 Å². The Morgan fingerprint density at radius 1 is 1.29 bits per heavy atom. The Bertz CT molecular complexity index is 943. The van der Waals surface area contributed by atoms with Crippen LogP contribution in [0.5, 0.6) is 5.75 Å². The topological polar surface area (TPSA) is 77.5 Å². The number of nitrogens with zero attached hydrogens (tertiary/aromatic N) is 1. The summed E-state index contributed by atoms with van der Waals surface area (Å²) in [6, 6.07) is 3.05. The fourth-order valence-corrected chi connectivity index (χ4v) is 3.39. The smallest absolute Gasteiger partial charge is 0.418 e. The molecule has 1 aliphatic heterocycles. The molecule has 0 aliphatic carbocycles. The zero-order chi connectivity index (χ0) is 20.6. The van der Waals surface area contributed by atoms with E-state index in [0.717, 1.165) is 6.07 Å². The van der Waals surface area contributed by atoms with Gasteiger partial charge in [-0.1, -0.05) is 12.1 Å². The van der Waals surface area contributed by atoms with Crippen LogP contribution in [0.25, 0.3) is 10.9 Å². The Hall–Kier alpha value is -2.68. The molecule has 1 aromatic carbocycles. The van der Waals surface area contributed by atoms with Gasteiger partial charge < -0.3 is 14.8 Å². The van der Waals surface area contributed by atoms with E-state index >= 15 is 0 Å². The number of halogens is 3. The number of methoxy groups -OCH3 is 1. The van der Waals surface area contributed by atoms with Crippen molar-refractivity contribution in [3.05, 3.63) is 35.0 Å². The van der Waals surface area contributed by atoms with Crippen LogP contribution in [0.2, 0.25) is 0 Å². The van der Waals surface area contributed by atoms with Crippen molar-refractivity contribution in [2.75, 3.05) is 13.7 Å². The number of alkyl halides is 3. The number of carbonyl (C=O) groups excluding carboxylic acids is 2. The van der Waals surface area contributed by atoms with Crippen molar-refractivity contribution < 1.29 is 32.2 Å². The number of rotatable bonds is 4. The van der Waals surface area contributed by atoms with E-state index in [2.05, 4.69) is 10.3 Å². The first kappa shape index (κ1) is 20.1. The molecule has 0 radical (unpaired) electrons. The van der Waals surface area contributed by atoms with Crippen molar-refractivity contribution in [2.24, 2.45) is 0 Å². The Labute approximate surface area is 159 Å². The van der Waals surface area contributed by atoms with Gasteiger partial charge in [0, 0.05) is 18.4 Å². The predicted molar refractivity (Wildman–Crippen MR) is 94.3 cm³/mol. The molecule has 6 nitrogen and oxygen atoms in total. The fraction of sp³-hybridized carbons (Fsp3) is 0.421. The molecule has 1 saturated heterocycles. The summed E-state index contributed by atoms with van der Waals surface area (Å²) in [7, 11) is 1.28. The number of aromatic nitrogens is 1. The molecule has 1 aliphatic rings. The molecule has 2 aromatic rings. The monoisotopic (exact) mass is 396 g/mol. The van der Waals surface area contributed by atoms with E-state index in [0.29, 0.717) is 13.0 Å². The first-order chi connectivity index (χ1) is 13.1. The molecule has 9 heteroatoms. The fourth-order valence-electron chi connectivity index (χ4n) is 3.39. The Morgan fingerprint density at radius 2 is 2.00 bits per heavy atom. The van der Waals surface area contributed by atoms with Crippen LogP contribution in [-0.2, 0) is 15.7 Å². The van der Waals surface area contributed by atoms with Gasteiger partial charge >= 0.3 is 12.1 Å². The number of pyridine rings is 1. The summed E-state index contributed by atoms with van der Waals surface area (Å²) < 4.78 is 50.7. The number of Topliss-reactive ketones (excluding diaryl/α,β-unsaturated/α-hetero) is 1. The van der Waals surface area contributed by atoms with Crippen LogP contribution in [0.1, 0.15) is 35.0 Å². The second-order valence-electron chi connectivity index (χ2n) is 6.62. The molecular weight excluding hydrogens is 377 g/mol. The number of aryl methyl sites for hydroxylation is 1. The normalized spacial score (nSPS) is 19.6. The lowest BCUT2D eigenvalue weighted by Crippen LogP contribution is -2.31. The van der Waals surface area contributed by atoms with Gasteiger partial charge in [0.2, 0.25) is 0 Å². The summed E-state index contributed by atoms with van der Waals surface area (Å²) in [4.78, 5) is 28.0. The van der Waals surface area contributed by atoms with Crippen LogP contribution in [0.15, 0.2) is 18.2 Å². The van der Waals surface area contributed by atoms with Gasteiger partial charge in [0.25, 0.3) is 0 Å². The maximum Gasteiger partial charge on any atom is 0.418 e. The van der Waals surface area contributed by atoms with Crippen molar-refractivity contribution >= 4 is 22.7 Å². The second-order valence-corrected chi connectivity index (χ2v) is 6.62. The molecule has 0 saturated carbocycles. The lowest BCUT2D eigenvalue weighted by molar-refractivity contribution is -0.142. The third-order valence-electron chi connectivity index (χ3n) is 4.66. The molecule has 0 spiro atoms. The first-order valence-corrected chi connectivity index (χ1v) is 8.62. The van der Waals surface area contributed by atoms with Crippen LogP contribution in [0, 0.1) is 6.92 Å². The zero-order valence-electron chi connectivity index (χ0n) is 15.5. The summed E-state index contributed by atoms with van der Waals surface area (Å²) in [6.45, 7) is 3.09. The van der Waals surface area contributed by atoms with Gasteiger partial charge in [-0.05, 0) is 19.9 Å². The summed E-state index contributed by atoms with van der Waals surface area (Å²) in [5.74, 6) is -0.724. The number of nitrogens with one attached hydrogen (secondary N) is 1. The Balaban J connectivity index is 2.06. The van der Waals surface area contributed by atoms with Crippen molar-refractivity contribution in [3.8, 4) is 5.75 Å². The SMILES string of the molecule is COC(=O)C1CC(Oc2c(C)nc3c(C(F)(F)F)cccc3c2C(C)=O)CN1. The van der Waals surface area contributed by atoms with Crippen LogP contribution in [0.4, 0.5) is 13.2 Å². The quantitative estimate of drug-likeness (QED) is 0.632.